The van der Waals surface area contributed by atoms with Crippen molar-refractivity contribution in [1.82, 2.24) is 14.9 Å². The molecule has 0 aliphatic carbocycles. The molecule has 0 aliphatic heterocycles. The maximum atomic E-state index is 12.3. The summed E-state index contributed by atoms with van der Waals surface area (Å²) in [6, 6.07) is 21.8. The number of para-hydroxylation sites is 3. The Hall–Kier alpha value is -3.80. The third-order valence-electron chi connectivity index (χ3n) is 6.63. The molecule has 0 fully saturated rings. The summed E-state index contributed by atoms with van der Waals surface area (Å²) in [5.41, 5.74) is 5.22. The van der Waals surface area contributed by atoms with Crippen LogP contribution in [0, 0.1) is 13.8 Å². The fourth-order valence-corrected chi connectivity index (χ4v) is 4.62. The SMILES string of the molecule is COc1ccc(C(=O)NCCCCCc2nc3ccccc3n2CCCOc2c(C)cccc2C)cc1. The average molecular weight is 500 g/mol. The molecule has 1 amide bonds. The van der Waals surface area contributed by atoms with Crippen molar-refractivity contribution < 1.29 is 14.3 Å². The monoisotopic (exact) mass is 499 g/mol. The standard InChI is InChI=1S/C31H37N3O3/c1-23-11-9-12-24(2)30(23)37-22-10-21-34-28-14-7-6-13-27(28)33-29(34)15-5-4-8-20-32-31(35)25-16-18-26(36-3)19-17-25/h6-7,9,11-14,16-19H,4-5,8,10,15,20-22H2,1-3H3,(H,32,35). The smallest absolute Gasteiger partial charge is 0.251 e. The zero-order valence-electron chi connectivity index (χ0n) is 22.1. The molecule has 6 heteroatoms. The number of nitrogens with one attached hydrogen (secondary N) is 1. The van der Waals surface area contributed by atoms with Crippen molar-refractivity contribution in [3.05, 3.63) is 89.2 Å². The zero-order chi connectivity index (χ0) is 26.0. The van der Waals surface area contributed by atoms with Crippen molar-refractivity contribution in [1.29, 1.82) is 0 Å². The highest BCUT2D eigenvalue weighted by Crippen LogP contribution is 2.23. The number of rotatable bonds is 13. The van der Waals surface area contributed by atoms with Gasteiger partial charge in [0.25, 0.3) is 5.91 Å². The Morgan fingerprint density at radius 1 is 0.892 bits per heavy atom. The van der Waals surface area contributed by atoms with Crippen molar-refractivity contribution >= 4 is 16.9 Å². The van der Waals surface area contributed by atoms with E-state index in [1.54, 1.807) is 31.4 Å². The van der Waals surface area contributed by atoms with Gasteiger partial charge in [0.15, 0.2) is 0 Å². The fourth-order valence-electron chi connectivity index (χ4n) is 4.62. The maximum absolute atomic E-state index is 12.3. The van der Waals surface area contributed by atoms with Gasteiger partial charge in [0.2, 0.25) is 0 Å². The van der Waals surface area contributed by atoms with Gasteiger partial charge in [-0.2, -0.15) is 0 Å². The van der Waals surface area contributed by atoms with E-state index in [-0.39, 0.29) is 5.91 Å². The van der Waals surface area contributed by atoms with Crippen LogP contribution >= 0.6 is 0 Å². The second-order valence-corrected chi connectivity index (χ2v) is 9.39. The van der Waals surface area contributed by atoms with Gasteiger partial charge in [-0.25, -0.2) is 4.98 Å². The molecule has 1 aromatic heterocycles. The van der Waals surface area contributed by atoms with Crippen LogP contribution in [0.2, 0.25) is 0 Å². The van der Waals surface area contributed by atoms with E-state index >= 15 is 0 Å². The van der Waals surface area contributed by atoms with E-state index in [2.05, 4.69) is 60.1 Å². The van der Waals surface area contributed by atoms with E-state index in [1.165, 1.54) is 16.6 Å². The predicted molar refractivity (Wildman–Crippen MR) is 149 cm³/mol. The molecule has 37 heavy (non-hydrogen) atoms. The maximum Gasteiger partial charge on any atom is 0.251 e. The summed E-state index contributed by atoms with van der Waals surface area (Å²) in [6.07, 6.45) is 4.82. The Labute approximate surface area is 219 Å². The van der Waals surface area contributed by atoms with Crippen LogP contribution in [0.3, 0.4) is 0 Å². The number of hydrogen-bond donors (Lipinski definition) is 1. The van der Waals surface area contributed by atoms with E-state index < -0.39 is 0 Å². The zero-order valence-corrected chi connectivity index (χ0v) is 22.1. The number of carbonyl (C=O) groups excluding carboxylic acids is 1. The summed E-state index contributed by atoms with van der Waals surface area (Å²) in [4.78, 5) is 17.2. The van der Waals surface area contributed by atoms with E-state index in [4.69, 9.17) is 14.5 Å². The number of aryl methyl sites for hydroxylation is 4. The molecule has 3 aromatic carbocycles. The van der Waals surface area contributed by atoms with Crippen molar-refractivity contribution in [2.24, 2.45) is 0 Å². The number of fused-ring (bicyclic) bond motifs is 1. The lowest BCUT2D eigenvalue weighted by Crippen LogP contribution is -2.24. The number of benzene rings is 3. The average Bonchev–Trinajstić information content (AvgIpc) is 3.27. The Bertz CT molecular complexity index is 1290. The first-order chi connectivity index (χ1) is 18.1. The van der Waals surface area contributed by atoms with Crippen LogP contribution in [0.15, 0.2) is 66.7 Å². The molecule has 0 saturated heterocycles. The highest BCUT2D eigenvalue weighted by molar-refractivity contribution is 5.94. The highest BCUT2D eigenvalue weighted by Gasteiger charge is 2.11. The molecule has 0 bridgehead atoms. The normalized spacial score (nSPS) is 11.0. The molecule has 4 rings (SSSR count). The number of imidazole rings is 1. The van der Waals surface area contributed by atoms with Gasteiger partial charge in [-0.05, 0) is 80.6 Å². The van der Waals surface area contributed by atoms with Gasteiger partial charge in [-0.1, -0.05) is 36.8 Å². The van der Waals surface area contributed by atoms with E-state index in [0.717, 1.165) is 61.5 Å². The van der Waals surface area contributed by atoms with Gasteiger partial charge < -0.3 is 19.4 Å². The van der Waals surface area contributed by atoms with Crippen LogP contribution in [-0.2, 0) is 13.0 Å². The summed E-state index contributed by atoms with van der Waals surface area (Å²) in [7, 11) is 1.62. The lowest BCUT2D eigenvalue weighted by molar-refractivity contribution is 0.0953. The Morgan fingerprint density at radius 3 is 2.41 bits per heavy atom. The summed E-state index contributed by atoms with van der Waals surface area (Å²) in [6.45, 7) is 6.39. The summed E-state index contributed by atoms with van der Waals surface area (Å²) < 4.78 is 13.6. The van der Waals surface area contributed by atoms with Crippen molar-refractivity contribution in [3.63, 3.8) is 0 Å². The highest BCUT2D eigenvalue weighted by atomic mass is 16.5. The van der Waals surface area contributed by atoms with Crippen molar-refractivity contribution in [2.45, 2.75) is 52.5 Å². The van der Waals surface area contributed by atoms with Gasteiger partial charge in [0.1, 0.15) is 17.3 Å². The molecular formula is C31H37N3O3. The lowest BCUT2D eigenvalue weighted by Gasteiger charge is -2.13. The molecule has 0 spiro atoms. The number of nitrogens with zero attached hydrogens (tertiary/aromatic N) is 2. The first kappa shape index (κ1) is 26.3. The van der Waals surface area contributed by atoms with Gasteiger partial charge in [-0.15, -0.1) is 0 Å². The molecule has 0 radical (unpaired) electrons. The fraction of sp³-hybridized carbons (Fsp3) is 0.355. The van der Waals surface area contributed by atoms with Crippen LogP contribution in [0.4, 0.5) is 0 Å². The minimum atomic E-state index is -0.0486. The predicted octanol–water partition coefficient (Wildman–Crippen LogP) is 6.27. The van der Waals surface area contributed by atoms with Crippen LogP contribution < -0.4 is 14.8 Å². The minimum absolute atomic E-state index is 0.0486. The van der Waals surface area contributed by atoms with Gasteiger partial charge in [-0.3, -0.25) is 4.79 Å². The molecule has 1 N–H and O–H groups in total. The molecule has 4 aromatic rings. The second-order valence-electron chi connectivity index (χ2n) is 9.39. The molecule has 6 nitrogen and oxygen atoms in total. The van der Waals surface area contributed by atoms with Crippen molar-refractivity contribution in [2.75, 3.05) is 20.3 Å². The summed E-state index contributed by atoms with van der Waals surface area (Å²) in [5.74, 6) is 2.82. The molecule has 0 aliphatic rings. The molecule has 1 heterocycles. The third-order valence-corrected chi connectivity index (χ3v) is 6.63. The number of hydrogen-bond acceptors (Lipinski definition) is 4. The molecular weight excluding hydrogens is 462 g/mol. The first-order valence-electron chi connectivity index (χ1n) is 13.1. The molecule has 0 atom stereocenters. The topological polar surface area (TPSA) is 65.4 Å². The second kappa shape index (κ2) is 12.9. The van der Waals surface area contributed by atoms with Gasteiger partial charge in [0.05, 0.1) is 24.8 Å². The van der Waals surface area contributed by atoms with Crippen LogP contribution in [0.25, 0.3) is 11.0 Å². The Balaban J connectivity index is 1.25. The number of amides is 1. The van der Waals surface area contributed by atoms with Gasteiger partial charge in [0, 0.05) is 25.1 Å². The first-order valence-corrected chi connectivity index (χ1v) is 13.1. The van der Waals surface area contributed by atoms with E-state index in [0.29, 0.717) is 18.7 Å². The van der Waals surface area contributed by atoms with Crippen molar-refractivity contribution in [3.8, 4) is 11.5 Å². The Morgan fingerprint density at radius 2 is 1.65 bits per heavy atom. The quantitative estimate of drug-likeness (QED) is 0.220. The number of carbonyl (C=O) groups is 1. The van der Waals surface area contributed by atoms with E-state index in [1.807, 2.05) is 6.07 Å². The molecule has 194 valence electrons. The largest absolute Gasteiger partial charge is 0.497 e. The third kappa shape index (κ3) is 6.91. The number of ether oxygens (including phenoxy) is 2. The number of aromatic nitrogens is 2. The summed E-state index contributed by atoms with van der Waals surface area (Å²) in [5, 5.41) is 3.01. The molecule has 0 unspecified atom stereocenters. The van der Waals surface area contributed by atoms with E-state index in [9.17, 15) is 4.79 Å². The number of unbranched alkanes of at least 4 members (excludes halogenated alkanes) is 2. The van der Waals surface area contributed by atoms with Crippen LogP contribution in [-0.4, -0.2) is 35.7 Å². The van der Waals surface area contributed by atoms with Gasteiger partial charge >= 0.3 is 0 Å². The number of methoxy groups -OCH3 is 1. The molecule has 0 saturated carbocycles. The van der Waals surface area contributed by atoms with Crippen LogP contribution in [0.1, 0.15) is 53.0 Å². The minimum Gasteiger partial charge on any atom is -0.497 e. The lowest BCUT2D eigenvalue weighted by atomic mass is 10.1. The van der Waals surface area contributed by atoms with Crippen LogP contribution in [0.5, 0.6) is 11.5 Å². The Kier molecular flexibility index (Phi) is 9.19. The summed E-state index contributed by atoms with van der Waals surface area (Å²) >= 11 is 0.